The summed E-state index contributed by atoms with van der Waals surface area (Å²) in [6.45, 7) is 2.02. The zero-order valence-electron chi connectivity index (χ0n) is 9.73. The molecular formula is C14H15FN2. The van der Waals surface area contributed by atoms with Gasteiger partial charge >= 0.3 is 0 Å². The largest absolute Gasteiger partial charge is 0.324 e. The summed E-state index contributed by atoms with van der Waals surface area (Å²) in [6.07, 6.45) is 4.24. The summed E-state index contributed by atoms with van der Waals surface area (Å²) < 4.78 is 12.8. The Labute approximate surface area is 100 Å². The quantitative estimate of drug-likeness (QED) is 0.880. The molecule has 2 nitrogen and oxygen atoms in total. The van der Waals surface area contributed by atoms with E-state index in [1.807, 2.05) is 13.0 Å². The van der Waals surface area contributed by atoms with E-state index in [1.165, 1.54) is 12.1 Å². The molecule has 1 heterocycles. The lowest BCUT2D eigenvalue weighted by molar-refractivity contribution is 0.625. The fourth-order valence-electron chi connectivity index (χ4n) is 1.85. The van der Waals surface area contributed by atoms with E-state index in [0.717, 1.165) is 16.7 Å². The maximum absolute atomic E-state index is 12.8. The van der Waals surface area contributed by atoms with Crippen LogP contribution >= 0.6 is 0 Å². The molecule has 2 N–H and O–H groups in total. The Morgan fingerprint density at radius 2 is 1.94 bits per heavy atom. The maximum atomic E-state index is 12.8. The highest BCUT2D eigenvalue weighted by Gasteiger charge is 2.09. The molecule has 1 aromatic carbocycles. The van der Waals surface area contributed by atoms with E-state index in [2.05, 4.69) is 4.98 Å². The van der Waals surface area contributed by atoms with Gasteiger partial charge in [0.25, 0.3) is 0 Å². The SMILES string of the molecule is Cc1ccncc1C(N)Cc1ccc(F)cc1. The first-order valence-electron chi connectivity index (χ1n) is 5.57. The highest BCUT2D eigenvalue weighted by molar-refractivity contribution is 5.27. The van der Waals surface area contributed by atoms with Crippen LogP contribution in [0.25, 0.3) is 0 Å². The van der Waals surface area contributed by atoms with Gasteiger partial charge in [-0.3, -0.25) is 4.98 Å². The Bertz CT molecular complexity index is 494. The van der Waals surface area contributed by atoms with E-state index in [1.54, 1.807) is 24.5 Å². The van der Waals surface area contributed by atoms with Gasteiger partial charge in [0.1, 0.15) is 5.82 Å². The first-order valence-corrected chi connectivity index (χ1v) is 5.57. The first-order chi connectivity index (χ1) is 8.16. The second kappa shape index (κ2) is 5.06. The van der Waals surface area contributed by atoms with E-state index in [4.69, 9.17) is 5.73 Å². The smallest absolute Gasteiger partial charge is 0.123 e. The topological polar surface area (TPSA) is 38.9 Å². The molecule has 0 spiro atoms. The van der Waals surface area contributed by atoms with Crippen molar-refractivity contribution >= 4 is 0 Å². The summed E-state index contributed by atoms with van der Waals surface area (Å²) in [6, 6.07) is 8.28. The Hall–Kier alpha value is -1.74. The Kier molecular flexibility index (Phi) is 3.49. The predicted octanol–water partition coefficient (Wildman–Crippen LogP) is 2.77. The zero-order valence-corrected chi connectivity index (χ0v) is 9.73. The molecule has 0 aliphatic carbocycles. The molecule has 3 heteroatoms. The molecule has 0 amide bonds. The first kappa shape index (κ1) is 11.7. The Balaban J connectivity index is 2.14. The molecule has 0 bridgehead atoms. The predicted molar refractivity (Wildman–Crippen MR) is 66.0 cm³/mol. The van der Waals surface area contributed by atoms with Crippen molar-refractivity contribution in [2.24, 2.45) is 5.73 Å². The number of aromatic nitrogens is 1. The van der Waals surface area contributed by atoms with Crippen molar-refractivity contribution in [2.75, 3.05) is 0 Å². The van der Waals surface area contributed by atoms with Crippen LogP contribution in [0, 0.1) is 12.7 Å². The minimum absolute atomic E-state index is 0.103. The third-order valence-corrected chi connectivity index (χ3v) is 2.85. The second-order valence-electron chi connectivity index (χ2n) is 4.17. The van der Waals surface area contributed by atoms with Gasteiger partial charge in [0.2, 0.25) is 0 Å². The van der Waals surface area contributed by atoms with Crippen LogP contribution in [0.2, 0.25) is 0 Å². The number of aryl methyl sites for hydroxylation is 1. The van der Waals surface area contributed by atoms with Gasteiger partial charge in [0.05, 0.1) is 0 Å². The number of hydrogen-bond acceptors (Lipinski definition) is 2. The van der Waals surface area contributed by atoms with Crippen LogP contribution in [0.15, 0.2) is 42.7 Å². The fraction of sp³-hybridized carbons (Fsp3) is 0.214. The molecule has 0 saturated heterocycles. The highest BCUT2D eigenvalue weighted by atomic mass is 19.1. The maximum Gasteiger partial charge on any atom is 0.123 e. The van der Waals surface area contributed by atoms with Gasteiger partial charge in [-0.25, -0.2) is 4.39 Å². The molecule has 0 aliphatic rings. The van der Waals surface area contributed by atoms with E-state index in [9.17, 15) is 4.39 Å². The summed E-state index contributed by atoms with van der Waals surface area (Å²) in [5.74, 6) is -0.222. The fourth-order valence-corrected chi connectivity index (χ4v) is 1.85. The van der Waals surface area contributed by atoms with Crippen LogP contribution in [0.4, 0.5) is 4.39 Å². The molecule has 1 unspecified atom stereocenters. The number of pyridine rings is 1. The molecule has 1 aromatic heterocycles. The van der Waals surface area contributed by atoms with Crippen molar-refractivity contribution in [3.05, 3.63) is 65.2 Å². The van der Waals surface area contributed by atoms with Crippen molar-refractivity contribution in [3.63, 3.8) is 0 Å². The number of rotatable bonds is 3. The summed E-state index contributed by atoms with van der Waals surface area (Å²) in [7, 11) is 0. The third kappa shape index (κ3) is 2.88. The monoisotopic (exact) mass is 230 g/mol. The molecule has 17 heavy (non-hydrogen) atoms. The van der Waals surface area contributed by atoms with Crippen molar-refractivity contribution in [3.8, 4) is 0 Å². The molecule has 0 aliphatic heterocycles. The number of benzene rings is 1. The minimum atomic E-state index is -0.222. The van der Waals surface area contributed by atoms with Gasteiger partial charge in [-0.2, -0.15) is 0 Å². The van der Waals surface area contributed by atoms with E-state index in [0.29, 0.717) is 6.42 Å². The minimum Gasteiger partial charge on any atom is -0.324 e. The molecule has 0 radical (unpaired) electrons. The van der Waals surface area contributed by atoms with Gasteiger partial charge < -0.3 is 5.73 Å². The van der Waals surface area contributed by atoms with Crippen molar-refractivity contribution in [1.82, 2.24) is 4.98 Å². The Morgan fingerprint density at radius 3 is 2.59 bits per heavy atom. The average Bonchev–Trinajstić information content (AvgIpc) is 2.32. The summed E-state index contributed by atoms with van der Waals surface area (Å²) >= 11 is 0. The average molecular weight is 230 g/mol. The summed E-state index contributed by atoms with van der Waals surface area (Å²) in [4.78, 5) is 4.08. The standard InChI is InChI=1S/C14H15FN2/c1-10-6-7-17-9-13(10)14(16)8-11-2-4-12(15)5-3-11/h2-7,9,14H,8,16H2,1H3. The molecular weight excluding hydrogens is 215 g/mol. The van der Waals surface area contributed by atoms with Gasteiger partial charge in [-0.05, 0) is 48.2 Å². The number of nitrogens with zero attached hydrogens (tertiary/aromatic N) is 1. The lowest BCUT2D eigenvalue weighted by Gasteiger charge is -2.14. The third-order valence-electron chi connectivity index (χ3n) is 2.85. The second-order valence-corrected chi connectivity index (χ2v) is 4.17. The van der Waals surface area contributed by atoms with Gasteiger partial charge in [0.15, 0.2) is 0 Å². The van der Waals surface area contributed by atoms with Gasteiger partial charge in [-0.15, -0.1) is 0 Å². The van der Waals surface area contributed by atoms with E-state index < -0.39 is 0 Å². The molecule has 88 valence electrons. The van der Waals surface area contributed by atoms with Crippen LogP contribution in [-0.4, -0.2) is 4.98 Å². The Morgan fingerprint density at radius 1 is 1.24 bits per heavy atom. The van der Waals surface area contributed by atoms with E-state index >= 15 is 0 Å². The molecule has 0 fully saturated rings. The van der Waals surface area contributed by atoms with Crippen LogP contribution in [0.5, 0.6) is 0 Å². The molecule has 0 saturated carbocycles. The van der Waals surface area contributed by atoms with Crippen LogP contribution in [0.1, 0.15) is 22.7 Å². The number of halogens is 1. The number of nitrogens with two attached hydrogens (primary N) is 1. The molecule has 2 rings (SSSR count). The van der Waals surface area contributed by atoms with Crippen LogP contribution in [0.3, 0.4) is 0 Å². The molecule has 2 aromatic rings. The zero-order chi connectivity index (χ0) is 12.3. The summed E-state index contributed by atoms with van der Waals surface area (Å²) in [5.41, 5.74) is 9.33. The van der Waals surface area contributed by atoms with Gasteiger partial charge in [-0.1, -0.05) is 12.1 Å². The lowest BCUT2D eigenvalue weighted by Crippen LogP contribution is -2.14. The van der Waals surface area contributed by atoms with E-state index in [-0.39, 0.29) is 11.9 Å². The normalized spacial score (nSPS) is 12.4. The lowest BCUT2D eigenvalue weighted by atomic mass is 9.98. The van der Waals surface area contributed by atoms with Crippen LogP contribution in [-0.2, 0) is 6.42 Å². The van der Waals surface area contributed by atoms with Crippen LogP contribution < -0.4 is 5.73 Å². The van der Waals surface area contributed by atoms with Crippen molar-refractivity contribution in [1.29, 1.82) is 0 Å². The van der Waals surface area contributed by atoms with Crippen molar-refractivity contribution < 1.29 is 4.39 Å². The highest BCUT2D eigenvalue weighted by Crippen LogP contribution is 2.18. The summed E-state index contributed by atoms with van der Waals surface area (Å²) in [5, 5.41) is 0. The number of hydrogen-bond donors (Lipinski definition) is 1. The molecule has 1 atom stereocenters. The van der Waals surface area contributed by atoms with Crippen molar-refractivity contribution in [2.45, 2.75) is 19.4 Å². The van der Waals surface area contributed by atoms with Gasteiger partial charge in [0, 0.05) is 18.4 Å².